The van der Waals surface area contributed by atoms with E-state index in [1.807, 2.05) is 36.4 Å². The van der Waals surface area contributed by atoms with Crippen LogP contribution < -0.4 is 4.74 Å². The molecule has 1 aliphatic carbocycles. The maximum Gasteiger partial charge on any atom is 0.415 e. The largest absolute Gasteiger partial charge is 0.480 e. The van der Waals surface area contributed by atoms with Crippen molar-refractivity contribution in [2.75, 3.05) is 6.54 Å². The number of rotatable bonds is 4. The van der Waals surface area contributed by atoms with E-state index >= 15 is 0 Å². The fourth-order valence-electron chi connectivity index (χ4n) is 6.20. The highest BCUT2D eigenvalue weighted by molar-refractivity contribution is 5.93. The Labute approximate surface area is 199 Å². The summed E-state index contributed by atoms with van der Waals surface area (Å²) >= 11 is 0. The molecule has 0 radical (unpaired) electrons. The molecule has 1 saturated carbocycles. The van der Waals surface area contributed by atoms with Gasteiger partial charge >= 0.3 is 12.1 Å². The molecule has 1 N–H and O–H groups in total. The number of hydrogen-bond acceptors (Lipinski definition) is 4. The number of nitrogens with zero attached hydrogens (tertiary/aromatic N) is 2. The molecule has 0 aromatic heterocycles. The molecule has 3 fully saturated rings. The molecule has 0 spiro atoms. The van der Waals surface area contributed by atoms with E-state index in [1.54, 1.807) is 34.1 Å². The van der Waals surface area contributed by atoms with E-state index in [4.69, 9.17) is 4.74 Å². The van der Waals surface area contributed by atoms with E-state index in [0.717, 1.165) is 24.8 Å². The molecule has 7 nitrogen and oxygen atoms in total. The van der Waals surface area contributed by atoms with E-state index in [0.29, 0.717) is 31.4 Å². The van der Waals surface area contributed by atoms with Crippen LogP contribution in [0.15, 0.2) is 60.7 Å². The molecule has 3 atom stereocenters. The molecule has 2 aromatic carbocycles. The van der Waals surface area contributed by atoms with E-state index < -0.39 is 29.6 Å². The molecule has 2 saturated heterocycles. The Balaban J connectivity index is 1.45. The average Bonchev–Trinajstić information content (AvgIpc) is 3.18. The molecule has 34 heavy (non-hydrogen) atoms. The summed E-state index contributed by atoms with van der Waals surface area (Å²) in [5, 5.41) is 10.2. The molecule has 5 rings (SSSR count). The Kier molecular flexibility index (Phi) is 6.02. The van der Waals surface area contributed by atoms with Gasteiger partial charge in [-0.3, -0.25) is 9.69 Å². The van der Waals surface area contributed by atoms with Crippen molar-refractivity contribution in [2.45, 2.75) is 68.5 Å². The predicted molar refractivity (Wildman–Crippen MR) is 125 cm³/mol. The number of fused-ring (bicyclic) bond motifs is 2. The number of amides is 2. The SMILES string of the molecule is O=C(O)[C@@H]1[C@H]2CC[C@@H](CN1C(=O)C1(c3ccccc3)CCCCC1)N2C(=O)Oc1ccccc1. The molecule has 2 bridgehead atoms. The number of piperazine rings is 1. The number of hydrogen-bond donors (Lipinski definition) is 1. The van der Waals surface area contributed by atoms with Gasteiger partial charge in [0.1, 0.15) is 11.8 Å². The highest BCUT2D eigenvalue weighted by atomic mass is 16.6. The lowest BCUT2D eigenvalue weighted by Gasteiger charge is -2.48. The van der Waals surface area contributed by atoms with Crippen LogP contribution in [0.4, 0.5) is 4.79 Å². The first-order valence-electron chi connectivity index (χ1n) is 12.2. The van der Waals surface area contributed by atoms with Crippen molar-refractivity contribution in [3.8, 4) is 5.75 Å². The summed E-state index contributed by atoms with van der Waals surface area (Å²) in [7, 11) is 0. The number of carboxylic acids is 1. The maximum atomic E-state index is 14.2. The first-order chi connectivity index (χ1) is 16.5. The van der Waals surface area contributed by atoms with Crippen molar-refractivity contribution in [3.05, 3.63) is 66.2 Å². The Morgan fingerprint density at radius 2 is 1.53 bits per heavy atom. The number of aliphatic carboxylic acids is 1. The number of para-hydroxylation sites is 1. The standard InChI is InChI=1S/C27H30N2O5/c30-24(31)23-22-15-14-20(29(22)26(33)34-21-12-6-2-7-13-21)18-28(23)25(32)27(16-8-3-9-17-27)19-10-4-1-5-11-19/h1-2,4-7,10-13,20,22-23H,3,8-9,14-18H2,(H,30,31)/t20-,22+,23-/m0/s1. The normalized spacial score (nSPS) is 25.6. The Morgan fingerprint density at radius 3 is 2.18 bits per heavy atom. The van der Waals surface area contributed by atoms with Gasteiger partial charge in [0.15, 0.2) is 0 Å². The van der Waals surface area contributed by atoms with Crippen LogP contribution >= 0.6 is 0 Å². The Bertz CT molecular complexity index is 1050. The second-order valence-corrected chi connectivity index (χ2v) is 9.64. The second kappa shape index (κ2) is 9.12. The topological polar surface area (TPSA) is 87.2 Å². The van der Waals surface area contributed by atoms with Crippen molar-refractivity contribution >= 4 is 18.0 Å². The zero-order valence-corrected chi connectivity index (χ0v) is 19.1. The molecule has 7 heteroatoms. The average molecular weight is 463 g/mol. The quantitative estimate of drug-likeness (QED) is 0.735. The first kappa shape index (κ1) is 22.4. The zero-order chi connectivity index (χ0) is 23.7. The molecule has 2 aliphatic heterocycles. The van der Waals surface area contributed by atoms with Crippen LogP contribution in [-0.2, 0) is 15.0 Å². The van der Waals surface area contributed by atoms with Gasteiger partial charge in [0, 0.05) is 6.54 Å². The van der Waals surface area contributed by atoms with Gasteiger partial charge in [0.2, 0.25) is 5.91 Å². The van der Waals surface area contributed by atoms with Gasteiger partial charge in [-0.05, 0) is 43.4 Å². The van der Waals surface area contributed by atoms with Gasteiger partial charge < -0.3 is 14.7 Å². The van der Waals surface area contributed by atoms with Crippen molar-refractivity contribution in [2.24, 2.45) is 0 Å². The third kappa shape index (κ3) is 3.83. The van der Waals surface area contributed by atoms with Crippen molar-refractivity contribution < 1.29 is 24.2 Å². The first-order valence-corrected chi connectivity index (χ1v) is 12.2. The summed E-state index contributed by atoms with van der Waals surface area (Å²) in [5.41, 5.74) is 0.251. The van der Waals surface area contributed by atoms with Gasteiger partial charge in [-0.15, -0.1) is 0 Å². The summed E-state index contributed by atoms with van der Waals surface area (Å²) in [5.74, 6) is -0.767. The number of benzene rings is 2. The highest BCUT2D eigenvalue weighted by Crippen LogP contribution is 2.44. The van der Waals surface area contributed by atoms with Gasteiger partial charge in [-0.1, -0.05) is 67.8 Å². The third-order valence-electron chi connectivity index (χ3n) is 7.77. The van der Waals surface area contributed by atoms with E-state index in [-0.39, 0.29) is 18.5 Å². The summed E-state index contributed by atoms with van der Waals surface area (Å²) in [6.45, 7) is 0.213. The molecule has 2 heterocycles. The smallest absolute Gasteiger partial charge is 0.415 e. The monoisotopic (exact) mass is 462 g/mol. The molecular formula is C27H30N2O5. The predicted octanol–water partition coefficient (Wildman–Crippen LogP) is 4.22. The van der Waals surface area contributed by atoms with E-state index in [1.165, 1.54) is 0 Å². The summed E-state index contributed by atoms with van der Waals surface area (Å²) < 4.78 is 5.55. The third-order valence-corrected chi connectivity index (χ3v) is 7.77. The van der Waals surface area contributed by atoms with E-state index in [2.05, 4.69) is 0 Å². The zero-order valence-electron chi connectivity index (χ0n) is 19.1. The van der Waals surface area contributed by atoms with Crippen LogP contribution in [0.2, 0.25) is 0 Å². The lowest BCUT2D eigenvalue weighted by molar-refractivity contribution is -0.160. The van der Waals surface area contributed by atoms with Crippen LogP contribution in [0.3, 0.4) is 0 Å². The fraction of sp³-hybridized carbons (Fsp3) is 0.444. The summed E-state index contributed by atoms with van der Waals surface area (Å²) in [6.07, 6.45) is 5.03. The number of carboxylic acid groups (broad SMARTS) is 1. The minimum Gasteiger partial charge on any atom is -0.480 e. The number of likely N-dealkylation sites (tertiary alicyclic amines) is 1. The molecule has 178 valence electrons. The maximum absolute atomic E-state index is 14.2. The van der Waals surface area contributed by atoms with Crippen LogP contribution in [0.5, 0.6) is 5.75 Å². The molecular weight excluding hydrogens is 432 g/mol. The Morgan fingerprint density at radius 1 is 0.882 bits per heavy atom. The number of ether oxygens (including phenoxy) is 1. The van der Waals surface area contributed by atoms with E-state index in [9.17, 15) is 19.5 Å². The minimum absolute atomic E-state index is 0.112. The number of carbonyl (C=O) groups excluding carboxylic acids is 2. The van der Waals surface area contributed by atoms with Gasteiger partial charge in [-0.2, -0.15) is 0 Å². The summed E-state index contributed by atoms with van der Waals surface area (Å²) in [4.78, 5) is 42.9. The minimum atomic E-state index is -1.09. The molecule has 2 aromatic rings. The van der Waals surface area contributed by atoms with Crippen LogP contribution in [0.25, 0.3) is 0 Å². The number of carbonyl (C=O) groups is 3. The molecule has 2 amide bonds. The van der Waals surface area contributed by atoms with Crippen molar-refractivity contribution in [1.29, 1.82) is 0 Å². The Hall–Kier alpha value is -3.35. The molecule has 0 unspecified atom stereocenters. The van der Waals surface area contributed by atoms with Crippen LogP contribution in [0, 0.1) is 0 Å². The second-order valence-electron chi connectivity index (χ2n) is 9.64. The van der Waals surface area contributed by atoms with Gasteiger partial charge in [0.05, 0.1) is 17.5 Å². The lowest BCUT2D eigenvalue weighted by Crippen LogP contribution is -2.67. The highest BCUT2D eigenvalue weighted by Gasteiger charge is 2.56. The van der Waals surface area contributed by atoms with Crippen LogP contribution in [-0.4, -0.2) is 57.5 Å². The van der Waals surface area contributed by atoms with Gasteiger partial charge in [0.25, 0.3) is 0 Å². The van der Waals surface area contributed by atoms with Crippen molar-refractivity contribution in [3.63, 3.8) is 0 Å². The van der Waals surface area contributed by atoms with Crippen molar-refractivity contribution in [1.82, 2.24) is 9.80 Å². The molecule has 3 aliphatic rings. The summed E-state index contributed by atoms with van der Waals surface area (Å²) in [6, 6.07) is 16.6. The fourth-order valence-corrected chi connectivity index (χ4v) is 6.20. The van der Waals surface area contributed by atoms with Crippen LogP contribution in [0.1, 0.15) is 50.5 Å². The van der Waals surface area contributed by atoms with Gasteiger partial charge in [-0.25, -0.2) is 9.59 Å². The lowest BCUT2D eigenvalue weighted by atomic mass is 9.68.